The fourth-order valence-electron chi connectivity index (χ4n) is 2.01. The number of benzene rings is 1. The van der Waals surface area contributed by atoms with Gasteiger partial charge < -0.3 is 10.6 Å². The summed E-state index contributed by atoms with van der Waals surface area (Å²) in [7, 11) is 0. The molecule has 0 atom stereocenters. The molecule has 0 bridgehead atoms. The molecule has 0 saturated carbocycles. The number of amides is 1. The maximum Gasteiger partial charge on any atom is 0.224 e. The lowest BCUT2D eigenvalue weighted by molar-refractivity contribution is -0.120. The SMILES string of the molecule is CCCNCCNC(=O)Cc1cnn(-c2ccccc2)c1. The van der Waals surface area contributed by atoms with E-state index in [0.717, 1.165) is 30.8 Å². The van der Waals surface area contributed by atoms with E-state index in [1.54, 1.807) is 10.9 Å². The van der Waals surface area contributed by atoms with Crippen LogP contribution in [-0.4, -0.2) is 35.3 Å². The van der Waals surface area contributed by atoms with Gasteiger partial charge in [0.1, 0.15) is 0 Å². The van der Waals surface area contributed by atoms with Gasteiger partial charge in [-0.15, -0.1) is 0 Å². The van der Waals surface area contributed by atoms with Crippen molar-refractivity contribution in [2.75, 3.05) is 19.6 Å². The van der Waals surface area contributed by atoms with E-state index in [2.05, 4.69) is 22.7 Å². The molecule has 1 heterocycles. The van der Waals surface area contributed by atoms with Crippen LogP contribution >= 0.6 is 0 Å². The number of carbonyl (C=O) groups excluding carboxylic acids is 1. The summed E-state index contributed by atoms with van der Waals surface area (Å²) in [5.74, 6) is 0.0286. The van der Waals surface area contributed by atoms with E-state index in [9.17, 15) is 4.79 Å². The highest BCUT2D eigenvalue weighted by atomic mass is 16.1. The summed E-state index contributed by atoms with van der Waals surface area (Å²) in [6.07, 6.45) is 5.10. The Balaban J connectivity index is 1.78. The Morgan fingerprint density at radius 3 is 2.76 bits per heavy atom. The third-order valence-electron chi connectivity index (χ3n) is 3.07. The maximum absolute atomic E-state index is 11.8. The van der Waals surface area contributed by atoms with Crippen LogP contribution in [0.3, 0.4) is 0 Å². The normalized spacial score (nSPS) is 10.5. The molecule has 0 spiro atoms. The molecule has 0 aliphatic carbocycles. The molecule has 0 fully saturated rings. The zero-order valence-corrected chi connectivity index (χ0v) is 12.4. The van der Waals surface area contributed by atoms with Gasteiger partial charge in [-0.25, -0.2) is 4.68 Å². The van der Waals surface area contributed by atoms with Crippen LogP contribution in [0.4, 0.5) is 0 Å². The van der Waals surface area contributed by atoms with E-state index < -0.39 is 0 Å². The van der Waals surface area contributed by atoms with Crippen molar-refractivity contribution in [3.8, 4) is 5.69 Å². The first kappa shape index (κ1) is 15.3. The van der Waals surface area contributed by atoms with Crippen LogP contribution in [0, 0.1) is 0 Å². The van der Waals surface area contributed by atoms with Crippen molar-refractivity contribution in [1.29, 1.82) is 0 Å². The molecule has 2 rings (SSSR count). The number of para-hydroxylation sites is 1. The van der Waals surface area contributed by atoms with E-state index >= 15 is 0 Å². The van der Waals surface area contributed by atoms with Crippen LogP contribution < -0.4 is 10.6 Å². The standard InChI is InChI=1S/C16H22N4O/c1-2-8-17-9-10-18-16(21)11-14-12-19-20(13-14)15-6-4-3-5-7-15/h3-7,12-13,17H,2,8-11H2,1H3,(H,18,21). The highest BCUT2D eigenvalue weighted by Crippen LogP contribution is 2.07. The summed E-state index contributed by atoms with van der Waals surface area (Å²) < 4.78 is 1.78. The van der Waals surface area contributed by atoms with Crippen LogP contribution in [0.2, 0.25) is 0 Å². The molecular weight excluding hydrogens is 264 g/mol. The third kappa shape index (κ3) is 5.04. The average molecular weight is 286 g/mol. The second-order valence-electron chi connectivity index (χ2n) is 4.91. The van der Waals surface area contributed by atoms with Gasteiger partial charge in [0, 0.05) is 19.3 Å². The molecule has 1 aromatic heterocycles. The first-order valence-corrected chi connectivity index (χ1v) is 7.36. The number of nitrogens with one attached hydrogen (secondary N) is 2. The Labute approximate surface area is 125 Å². The van der Waals surface area contributed by atoms with Gasteiger partial charge >= 0.3 is 0 Å². The molecule has 1 amide bonds. The Bertz CT molecular complexity index is 550. The fraction of sp³-hybridized carbons (Fsp3) is 0.375. The summed E-state index contributed by atoms with van der Waals surface area (Å²) in [6.45, 7) is 4.57. The lowest BCUT2D eigenvalue weighted by Crippen LogP contribution is -2.32. The molecule has 2 N–H and O–H groups in total. The molecule has 5 heteroatoms. The van der Waals surface area contributed by atoms with Crippen molar-refractivity contribution in [3.63, 3.8) is 0 Å². The second kappa shape index (κ2) is 8.21. The molecule has 2 aromatic rings. The molecule has 0 unspecified atom stereocenters. The van der Waals surface area contributed by atoms with E-state index in [1.165, 1.54) is 0 Å². The van der Waals surface area contributed by atoms with Gasteiger partial charge in [0.25, 0.3) is 0 Å². The Morgan fingerprint density at radius 2 is 2.00 bits per heavy atom. The molecule has 5 nitrogen and oxygen atoms in total. The van der Waals surface area contributed by atoms with Gasteiger partial charge in [0.05, 0.1) is 18.3 Å². The number of rotatable bonds is 8. The third-order valence-corrected chi connectivity index (χ3v) is 3.07. The van der Waals surface area contributed by atoms with E-state index in [-0.39, 0.29) is 5.91 Å². The minimum absolute atomic E-state index is 0.0286. The molecule has 112 valence electrons. The van der Waals surface area contributed by atoms with E-state index in [4.69, 9.17) is 0 Å². The van der Waals surface area contributed by atoms with Crippen molar-refractivity contribution in [2.24, 2.45) is 0 Å². The Kier molecular flexibility index (Phi) is 5.97. The molecule has 0 radical (unpaired) electrons. The molecular formula is C16H22N4O. The van der Waals surface area contributed by atoms with Crippen molar-refractivity contribution < 1.29 is 4.79 Å². The minimum atomic E-state index is 0.0286. The minimum Gasteiger partial charge on any atom is -0.355 e. The summed E-state index contributed by atoms with van der Waals surface area (Å²) in [6, 6.07) is 9.86. The van der Waals surface area contributed by atoms with Crippen molar-refractivity contribution >= 4 is 5.91 Å². The molecule has 0 aliphatic rings. The lowest BCUT2D eigenvalue weighted by atomic mass is 10.2. The van der Waals surface area contributed by atoms with Gasteiger partial charge in [-0.05, 0) is 30.7 Å². The Hall–Kier alpha value is -2.14. The first-order valence-electron chi connectivity index (χ1n) is 7.36. The number of carbonyl (C=O) groups is 1. The van der Waals surface area contributed by atoms with Gasteiger partial charge in [-0.2, -0.15) is 5.10 Å². The number of nitrogens with zero attached hydrogens (tertiary/aromatic N) is 2. The molecule has 1 aromatic carbocycles. The zero-order valence-electron chi connectivity index (χ0n) is 12.4. The van der Waals surface area contributed by atoms with Crippen LogP contribution in [0.15, 0.2) is 42.7 Å². The van der Waals surface area contributed by atoms with Crippen LogP contribution in [-0.2, 0) is 11.2 Å². The topological polar surface area (TPSA) is 58.9 Å². The summed E-state index contributed by atoms with van der Waals surface area (Å²) in [5.41, 5.74) is 1.91. The molecule has 21 heavy (non-hydrogen) atoms. The largest absolute Gasteiger partial charge is 0.355 e. The Morgan fingerprint density at radius 1 is 1.19 bits per heavy atom. The summed E-state index contributed by atoms with van der Waals surface area (Å²) >= 11 is 0. The predicted molar refractivity (Wildman–Crippen MR) is 83.4 cm³/mol. The first-order chi connectivity index (χ1) is 10.3. The number of aromatic nitrogens is 2. The lowest BCUT2D eigenvalue weighted by Gasteiger charge is -2.05. The van der Waals surface area contributed by atoms with E-state index in [1.807, 2.05) is 36.5 Å². The molecule has 0 saturated heterocycles. The van der Waals surface area contributed by atoms with Crippen molar-refractivity contribution in [2.45, 2.75) is 19.8 Å². The quantitative estimate of drug-likeness (QED) is 0.724. The van der Waals surface area contributed by atoms with Crippen molar-refractivity contribution in [3.05, 3.63) is 48.3 Å². The number of hydrogen-bond donors (Lipinski definition) is 2. The van der Waals surface area contributed by atoms with Gasteiger partial charge in [0.2, 0.25) is 5.91 Å². The fourth-order valence-corrected chi connectivity index (χ4v) is 2.01. The summed E-state index contributed by atoms with van der Waals surface area (Å²) in [5, 5.41) is 10.4. The number of hydrogen-bond acceptors (Lipinski definition) is 3. The smallest absolute Gasteiger partial charge is 0.224 e. The summed E-state index contributed by atoms with van der Waals surface area (Å²) in [4.78, 5) is 11.8. The monoisotopic (exact) mass is 286 g/mol. The second-order valence-corrected chi connectivity index (χ2v) is 4.91. The van der Waals surface area contributed by atoms with Crippen LogP contribution in [0.1, 0.15) is 18.9 Å². The maximum atomic E-state index is 11.8. The highest BCUT2D eigenvalue weighted by Gasteiger charge is 2.06. The van der Waals surface area contributed by atoms with Crippen molar-refractivity contribution in [1.82, 2.24) is 20.4 Å². The van der Waals surface area contributed by atoms with Crippen LogP contribution in [0.25, 0.3) is 5.69 Å². The van der Waals surface area contributed by atoms with Gasteiger partial charge in [-0.1, -0.05) is 25.1 Å². The van der Waals surface area contributed by atoms with E-state index in [0.29, 0.717) is 13.0 Å². The van der Waals surface area contributed by atoms with Gasteiger partial charge in [-0.3, -0.25) is 4.79 Å². The van der Waals surface area contributed by atoms with Crippen LogP contribution in [0.5, 0.6) is 0 Å². The van der Waals surface area contributed by atoms with Gasteiger partial charge in [0.15, 0.2) is 0 Å². The zero-order chi connectivity index (χ0) is 14.9. The highest BCUT2D eigenvalue weighted by molar-refractivity contribution is 5.78. The average Bonchev–Trinajstić information content (AvgIpc) is 2.96. The molecule has 0 aliphatic heterocycles. The predicted octanol–water partition coefficient (Wildman–Crippen LogP) is 1.53.